The second-order valence-electron chi connectivity index (χ2n) is 4.24. The van der Waals surface area contributed by atoms with Crippen LogP contribution in [0.15, 0.2) is 24.3 Å². The van der Waals surface area contributed by atoms with E-state index in [1.165, 1.54) is 10.7 Å². The summed E-state index contributed by atoms with van der Waals surface area (Å²) in [4.78, 5) is 23.1. The molecule has 1 aromatic carbocycles. The highest BCUT2D eigenvalue weighted by Crippen LogP contribution is 2.18. The number of halogens is 1. The number of aromatic nitrogens is 2. The Morgan fingerprint density at radius 2 is 2.05 bits per heavy atom. The van der Waals surface area contributed by atoms with Gasteiger partial charge < -0.3 is 10.4 Å². The first-order valence-corrected chi connectivity index (χ1v) is 5.73. The molecule has 0 spiro atoms. The van der Waals surface area contributed by atoms with Crippen LogP contribution in [0.2, 0.25) is 0 Å². The summed E-state index contributed by atoms with van der Waals surface area (Å²) < 4.78 is 14.4. The fraction of sp³-hybridized carbons (Fsp3) is 0.154. The first kappa shape index (κ1) is 13.7. The van der Waals surface area contributed by atoms with Crippen LogP contribution in [-0.2, 0) is 7.05 Å². The monoisotopic (exact) mass is 277 g/mol. The number of carboxylic acids is 1. The molecular weight excluding hydrogens is 265 g/mol. The summed E-state index contributed by atoms with van der Waals surface area (Å²) in [5.41, 5.74) is 0.665. The number of carbonyl (C=O) groups excluding carboxylic acids is 1. The van der Waals surface area contributed by atoms with Gasteiger partial charge in [-0.25, -0.2) is 9.18 Å². The molecule has 0 bridgehead atoms. The molecule has 6 nitrogen and oxygen atoms in total. The molecule has 0 fully saturated rings. The normalized spacial score (nSPS) is 10.3. The molecule has 1 heterocycles. The Morgan fingerprint density at radius 3 is 2.60 bits per heavy atom. The van der Waals surface area contributed by atoms with E-state index in [0.717, 1.165) is 12.1 Å². The molecular formula is C13H12FN3O3. The van der Waals surface area contributed by atoms with Crippen LogP contribution in [-0.4, -0.2) is 26.8 Å². The van der Waals surface area contributed by atoms with Gasteiger partial charge in [-0.2, -0.15) is 5.10 Å². The molecule has 104 valence electrons. The van der Waals surface area contributed by atoms with Gasteiger partial charge in [-0.3, -0.25) is 9.48 Å². The first-order chi connectivity index (χ1) is 9.38. The summed E-state index contributed by atoms with van der Waals surface area (Å²) in [6, 6.07) is 4.71. The van der Waals surface area contributed by atoms with Crippen LogP contribution in [0.4, 0.5) is 10.1 Å². The zero-order valence-corrected chi connectivity index (χ0v) is 10.8. The highest BCUT2D eigenvalue weighted by Gasteiger charge is 2.17. The Morgan fingerprint density at radius 1 is 1.35 bits per heavy atom. The third-order valence-electron chi connectivity index (χ3n) is 2.69. The molecule has 0 atom stereocenters. The van der Waals surface area contributed by atoms with Crippen molar-refractivity contribution in [1.82, 2.24) is 9.78 Å². The minimum atomic E-state index is -1.32. The number of amides is 1. The van der Waals surface area contributed by atoms with Crippen molar-refractivity contribution in [2.75, 3.05) is 5.32 Å². The maximum absolute atomic E-state index is 13.0. The van der Waals surface area contributed by atoms with Crippen LogP contribution in [0, 0.1) is 12.7 Å². The van der Waals surface area contributed by atoms with Crippen molar-refractivity contribution >= 4 is 17.6 Å². The van der Waals surface area contributed by atoms with E-state index in [1.54, 1.807) is 20.0 Å². The Labute approximate surface area is 113 Å². The van der Waals surface area contributed by atoms with Gasteiger partial charge in [-0.05, 0) is 31.2 Å². The summed E-state index contributed by atoms with van der Waals surface area (Å²) >= 11 is 0. The summed E-state index contributed by atoms with van der Waals surface area (Å²) in [6.07, 6.45) is 0. The standard InChI is InChI=1S/C13H12FN3O3/c1-7-5-11(17(2)16-7)12(18)15-10-4-3-8(14)6-9(10)13(19)20/h3-6H,1-2H3,(H,15,18)(H,19,20). The summed E-state index contributed by atoms with van der Waals surface area (Å²) in [5.74, 6) is -2.51. The zero-order valence-electron chi connectivity index (χ0n) is 10.8. The van der Waals surface area contributed by atoms with Crippen LogP contribution in [0.1, 0.15) is 26.5 Å². The van der Waals surface area contributed by atoms with Crippen molar-refractivity contribution in [2.45, 2.75) is 6.92 Å². The number of nitrogens with zero attached hydrogens (tertiary/aromatic N) is 2. The third kappa shape index (κ3) is 2.66. The van der Waals surface area contributed by atoms with E-state index >= 15 is 0 Å². The number of carbonyl (C=O) groups is 2. The highest BCUT2D eigenvalue weighted by atomic mass is 19.1. The van der Waals surface area contributed by atoms with Crippen molar-refractivity contribution < 1.29 is 19.1 Å². The third-order valence-corrected chi connectivity index (χ3v) is 2.69. The smallest absolute Gasteiger partial charge is 0.337 e. The van der Waals surface area contributed by atoms with Gasteiger partial charge in [0.05, 0.1) is 16.9 Å². The number of nitrogens with one attached hydrogen (secondary N) is 1. The maximum Gasteiger partial charge on any atom is 0.337 e. The van der Waals surface area contributed by atoms with E-state index in [1.807, 2.05) is 0 Å². The lowest BCUT2D eigenvalue weighted by Crippen LogP contribution is -2.18. The number of benzene rings is 1. The van der Waals surface area contributed by atoms with Crippen molar-refractivity contribution in [3.05, 3.63) is 47.0 Å². The number of hydrogen-bond acceptors (Lipinski definition) is 3. The summed E-state index contributed by atoms with van der Waals surface area (Å²) in [6.45, 7) is 1.73. The second kappa shape index (κ2) is 5.12. The average molecular weight is 277 g/mol. The molecule has 2 rings (SSSR count). The predicted molar refractivity (Wildman–Crippen MR) is 69.3 cm³/mol. The number of aryl methyl sites for hydroxylation is 2. The quantitative estimate of drug-likeness (QED) is 0.896. The van der Waals surface area contributed by atoms with Crippen LogP contribution < -0.4 is 5.32 Å². The van der Waals surface area contributed by atoms with Crippen molar-refractivity contribution in [3.63, 3.8) is 0 Å². The molecule has 2 N–H and O–H groups in total. The SMILES string of the molecule is Cc1cc(C(=O)Nc2ccc(F)cc2C(=O)O)n(C)n1. The molecule has 1 amide bonds. The molecule has 20 heavy (non-hydrogen) atoms. The molecule has 0 radical (unpaired) electrons. The van der Waals surface area contributed by atoms with Gasteiger partial charge in [0.2, 0.25) is 0 Å². The van der Waals surface area contributed by atoms with Crippen molar-refractivity contribution in [2.24, 2.45) is 7.05 Å². The zero-order chi connectivity index (χ0) is 14.9. The van der Waals surface area contributed by atoms with Gasteiger partial charge in [-0.15, -0.1) is 0 Å². The summed E-state index contributed by atoms with van der Waals surface area (Å²) in [7, 11) is 1.60. The molecule has 0 saturated heterocycles. The fourth-order valence-electron chi connectivity index (χ4n) is 1.81. The van der Waals surface area contributed by atoms with Gasteiger partial charge in [0.15, 0.2) is 0 Å². The van der Waals surface area contributed by atoms with E-state index in [-0.39, 0.29) is 16.9 Å². The Balaban J connectivity index is 2.33. The lowest BCUT2D eigenvalue weighted by molar-refractivity contribution is 0.0697. The first-order valence-electron chi connectivity index (χ1n) is 5.73. The molecule has 2 aromatic rings. The van der Waals surface area contributed by atoms with Gasteiger partial charge in [-0.1, -0.05) is 0 Å². The molecule has 0 unspecified atom stereocenters. The molecule has 0 aliphatic rings. The number of rotatable bonds is 3. The van der Waals surface area contributed by atoms with Crippen molar-refractivity contribution in [1.29, 1.82) is 0 Å². The maximum atomic E-state index is 13.0. The predicted octanol–water partition coefficient (Wildman–Crippen LogP) is 1.82. The van der Waals surface area contributed by atoms with E-state index in [0.29, 0.717) is 5.69 Å². The molecule has 0 aliphatic heterocycles. The van der Waals surface area contributed by atoms with Crippen LogP contribution >= 0.6 is 0 Å². The Bertz CT molecular complexity index is 694. The molecule has 7 heteroatoms. The summed E-state index contributed by atoms with van der Waals surface area (Å²) in [5, 5.41) is 15.5. The van der Waals surface area contributed by atoms with Crippen LogP contribution in [0.25, 0.3) is 0 Å². The van der Waals surface area contributed by atoms with Gasteiger partial charge >= 0.3 is 5.97 Å². The topological polar surface area (TPSA) is 84.2 Å². The molecule has 0 aliphatic carbocycles. The Hall–Kier alpha value is -2.70. The van der Waals surface area contributed by atoms with E-state index in [2.05, 4.69) is 10.4 Å². The number of carboxylic acid groups (broad SMARTS) is 1. The van der Waals surface area contributed by atoms with Crippen LogP contribution in [0.3, 0.4) is 0 Å². The van der Waals surface area contributed by atoms with Crippen molar-refractivity contribution in [3.8, 4) is 0 Å². The number of aromatic carboxylic acids is 1. The van der Waals surface area contributed by atoms with E-state index in [9.17, 15) is 14.0 Å². The van der Waals surface area contributed by atoms with E-state index in [4.69, 9.17) is 5.11 Å². The minimum Gasteiger partial charge on any atom is -0.478 e. The highest BCUT2D eigenvalue weighted by molar-refractivity contribution is 6.06. The lowest BCUT2D eigenvalue weighted by Gasteiger charge is -2.08. The molecule has 1 aromatic heterocycles. The second-order valence-corrected chi connectivity index (χ2v) is 4.24. The fourth-order valence-corrected chi connectivity index (χ4v) is 1.81. The van der Waals surface area contributed by atoms with Gasteiger partial charge in [0.1, 0.15) is 11.5 Å². The average Bonchev–Trinajstić information content (AvgIpc) is 2.70. The van der Waals surface area contributed by atoms with Gasteiger partial charge in [0.25, 0.3) is 5.91 Å². The van der Waals surface area contributed by atoms with E-state index < -0.39 is 17.7 Å². The number of anilines is 1. The van der Waals surface area contributed by atoms with Gasteiger partial charge in [0, 0.05) is 7.05 Å². The lowest BCUT2D eigenvalue weighted by atomic mass is 10.1. The van der Waals surface area contributed by atoms with Crippen LogP contribution in [0.5, 0.6) is 0 Å². The molecule has 0 saturated carbocycles. The Kier molecular flexibility index (Phi) is 3.51. The number of hydrogen-bond donors (Lipinski definition) is 2. The largest absolute Gasteiger partial charge is 0.478 e. The minimum absolute atomic E-state index is 0.0303.